The highest BCUT2D eigenvalue weighted by atomic mass is 19.1. The number of carbonyl (C=O) groups excluding carboxylic acids is 2. The van der Waals surface area contributed by atoms with Crippen molar-refractivity contribution < 1.29 is 18.7 Å². The molecule has 0 spiro atoms. The van der Waals surface area contributed by atoms with E-state index in [1.54, 1.807) is 37.3 Å². The summed E-state index contributed by atoms with van der Waals surface area (Å²) in [6, 6.07) is 11.0. The molecule has 0 fully saturated rings. The highest BCUT2D eigenvalue weighted by Gasteiger charge is 2.22. The molecule has 0 saturated carbocycles. The van der Waals surface area contributed by atoms with Crippen LogP contribution in [0.2, 0.25) is 0 Å². The lowest BCUT2D eigenvalue weighted by molar-refractivity contribution is -0.142. The van der Waals surface area contributed by atoms with Gasteiger partial charge in [0.15, 0.2) is 0 Å². The fraction of sp³-hybridized carbons (Fsp3) is 0.211. The number of nitrogens with one attached hydrogen (secondary N) is 1. The highest BCUT2D eigenvalue weighted by Crippen LogP contribution is 2.22. The normalized spacial score (nSPS) is 10.7. The molecule has 3 rings (SSSR count). The standard InChI is InChI=1S/C19H18FN3O3/c1-2-26-18(24)9-10-23(17-6-4-3-5-14(17)20)19(25)13-7-8-15-16(11-13)22-12-21-15/h3-8,11-12H,2,9-10H2,1H3,(H,21,22). The quantitative estimate of drug-likeness (QED) is 0.689. The van der Waals surface area contributed by atoms with Gasteiger partial charge in [0.2, 0.25) is 0 Å². The molecule has 134 valence electrons. The molecule has 1 aromatic heterocycles. The van der Waals surface area contributed by atoms with Crippen LogP contribution in [0.15, 0.2) is 48.8 Å². The molecule has 0 unspecified atom stereocenters. The number of carbonyl (C=O) groups is 2. The molecule has 3 aromatic rings. The summed E-state index contributed by atoms with van der Waals surface area (Å²) in [6.45, 7) is 1.97. The number of hydrogen-bond donors (Lipinski definition) is 1. The third kappa shape index (κ3) is 3.72. The van der Waals surface area contributed by atoms with E-state index in [4.69, 9.17) is 4.74 Å². The summed E-state index contributed by atoms with van der Waals surface area (Å²) in [4.78, 5) is 33.0. The lowest BCUT2D eigenvalue weighted by atomic mass is 10.1. The number of H-pyrrole nitrogens is 1. The summed E-state index contributed by atoms with van der Waals surface area (Å²) in [7, 11) is 0. The largest absolute Gasteiger partial charge is 0.466 e. The molecule has 0 radical (unpaired) electrons. The number of halogens is 1. The molecular formula is C19H18FN3O3. The van der Waals surface area contributed by atoms with Gasteiger partial charge in [-0.2, -0.15) is 0 Å². The lowest BCUT2D eigenvalue weighted by Gasteiger charge is -2.23. The Balaban J connectivity index is 1.91. The third-order valence-corrected chi connectivity index (χ3v) is 3.90. The number of para-hydroxylation sites is 1. The SMILES string of the molecule is CCOC(=O)CCN(C(=O)c1ccc2nc[nH]c2c1)c1ccccc1F. The molecule has 0 aliphatic carbocycles. The van der Waals surface area contributed by atoms with Crippen LogP contribution < -0.4 is 4.90 Å². The van der Waals surface area contributed by atoms with Crippen LogP contribution in [0, 0.1) is 5.82 Å². The predicted molar refractivity (Wildman–Crippen MR) is 95.4 cm³/mol. The zero-order chi connectivity index (χ0) is 18.5. The highest BCUT2D eigenvalue weighted by molar-refractivity contribution is 6.07. The van der Waals surface area contributed by atoms with Gasteiger partial charge < -0.3 is 14.6 Å². The summed E-state index contributed by atoms with van der Waals surface area (Å²) in [5.74, 6) is -1.38. The summed E-state index contributed by atoms with van der Waals surface area (Å²) in [5.41, 5.74) is 1.92. The van der Waals surface area contributed by atoms with E-state index in [-0.39, 0.29) is 25.3 Å². The number of ether oxygens (including phenoxy) is 1. The van der Waals surface area contributed by atoms with Crippen molar-refractivity contribution in [2.75, 3.05) is 18.1 Å². The van der Waals surface area contributed by atoms with E-state index in [1.165, 1.54) is 23.4 Å². The van der Waals surface area contributed by atoms with Crippen LogP contribution in [-0.2, 0) is 9.53 Å². The minimum absolute atomic E-state index is 0.0135. The van der Waals surface area contributed by atoms with Crippen molar-refractivity contribution in [2.24, 2.45) is 0 Å². The molecule has 26 heavy (non-hydrogen) atoms. The number of aromatic nitrogens is 2. The zero-order valence-corrected chi connectivity index (χ0v) is 14.2. The Kier molecular flexibility index (Phi) is 5.26. The van der Waals surface area contributed by atoms with Crippen molar-refractivity contribution in [3.8, 4) is 0 Å². The van der Waals surface area contributed by atoms with E-state index in [1.807, 2.05) is 0 Å². The number of aromatic amines is 1. The summed E-state index contributed by atoms with van der Waals surface area (Å²) < 4.78 is 19.2. The molecule has 6 nitrogen and oxygen atoms in total. The van der Waals surface area contributed by atoms with E-state index < -0.39 is 17.7 Å². The van der Waals surface area contributed by atoms with Gasteiger partial charge in [0.05, 0.1) is 36.1 Å². The van der Waals surface area contributed by atoms with Gasteiger partial charge in [-0.1, -0.05) is 12.1 Å². The predicted octanol–water partition coefficient (Wildman–Crippen LogP) is 3.30. The molecule has 0 atom stereocenters. The Morgan fingerprint density at radius 1 is 1.23 bits per heavy atom. The number of amides is 1. The molecule has 1 heterocycles. The number of rotatable bonds is 6. The second-order valence-electron chi connectivity index (χ2n) is 5.60. The second kappa shape index (κ2) is 7.77. The second-order valence-corrected chi connectivity index (χ2v) is 5.60. The maximum Gasteiger partial charge on any atom is 0.307 e. The average molecular weight is 355 g/mol. The molecule has 0 aliphatic heterocycles. The van der Waals surface area contributed by atoms with Gasteiger partial charge in [0.25, 0.3) is 5.91 Å². The smallest absolute Gasteiger partial charge is 0.307 e. The first-order valence-electron chi connectivity index (χ1n) is 8.25. The molecule has 1 amide bonds. The molecule has 7 heteroatoms. The lowest BCUT2D eigenvalue weighted by Crippen LogP contribution is -2.34. The summed E-state index contributed by atoms with van der Waals surface area (Å²) in [5, 5.41) is 0. The summed E-state index contributed by atoms with van der Waals surface area (Å²) in [6.07, 6.45) is 1.51. The number of anilines is 1. The van der Waals surface area contributed by atoms with Gasteiger partial charge in [-0.05, 0) is 37.3 Å². The van der Waals surface area contributed by atoms with E-state index in [0.717, 1.165) is 5.52 Å². The van der Waals surface area contributed by atoms with Crippen LogP contribution in [0.3, 0.4) is 0 Å². The van der Waals surface area contributed by atoms with Crippen molar-refractivity contribution in [3.63, 3.8) is 0 Å². The summed E-state index contributed by atoms with van der Waals surface area (Å²) >= 11 is 0. The molecule has 0 saturated heterocycles. The monoisotopic (exact) mass is 355 g/mol. The van der Waals surface area contributed by atoms with Crippen LogP contribution in [0.25, 0.3) is 11.0 Å². The fourth-order valence-electron chi connectivity index (χ4n) is 2.66. The van der Waals surface area contributed by atoms with E-state index >= 15 is 0 Å². The molecule has 1 N–H and O–H groups in total. The zero-order valence-electron chi connectivity index (χ0n) is 14.2. The van der Waals surface area contributed by atoms with Crippen molar-refractivity contribution >= 4 is 28.6 Å². The van der Waals surface area contributed by atoms with Crippen molar-refractivity contribution in [2.45, 2.75) is 13.3 Å². The van der Waals surface area contributed by atoms with E-state index in [9.17, 15) is 14.0 Å². The number of hydrogen-bond acceptors (Lipinski definition) is 4. The number of nitrogens with zero attached hydrogens (tertiary/aromatic N) is 2. The van der Waals surface area contributed by atoms with Gasteiger partial charge >= 0.3 is 5.97 Å². The number of fused-ring (bicyclic) bond motifs is 1. The van der Waals surface area contributed by atoms with Gasteiger partial charge in [-0.3, -0.25) is 9.59 Å². The van der Waals surface area contributed by atoms with Crippen LogP contribution in [0.1, 0.15) is 23.7 Å². The minimum atomic E-state index is -0.535. The van der Waals surface area contributed by atoms with Gasteiger partial charge in [0, 0.05) is 12.1 Å². The van der Waals surface area contributed by atoms with Crippen molar-refractivity contribution in [1.29, 1.82) is 0 Å². The first-order valence-corrected chi connectivity index (χ1v) is 8.25. The Morgan fingerprint density at radius 3 is 2.81 bits per heavy atom. The molecular weight excluding hydrogens is 337 g/mol. The van der Waals surface area contributed by atoms with Crippen molar-refractivity contribution in [1.82, 2.24) is 9.97 Å². The Bertz CT molecular complexity index is 938. The molecule has 0 bridgehead atoms. The number of esters is 1. The Morgan fingerprint density at radius 2 is 2.04 bits per heavy atom. The van der Waals surface area contributed by atoms with Crippen LogP contribution in [0.5, 0.6) is 0 Å². The molecule has 2 aromatic carbocycles. The topological polar surface area (TPSA) is 75.3 Å². The van der Waals surface area contributed by atoms with Gasteiger partial charge in [-0.25, -0.2) is 9.37 Å². The van der Waals surface area contributed by atoms with E-state index in [2.05, 4.69) is 9.97 Å². The van der Waals surface area contributed by atoms with Crippen LogP contribution >= 0.6 is 0 Å². The van der Waals surface area contributed by atoms with Gasteiger partial charge in [0.1, 0.15) is 5.82 Å². The average Bonchev–Trinajstić information content (AvgIpc) is 3.11. The fourth-order valence-corrected chi connectivity index (χ4v) is 2.66. The molecule has 0 aliphatic rings. The number of benzene rings is 2. The first-order chi connectivity index (χ1) is 12.6. The Labute approximate surface area is 149 Å². The minimum Gasteiger partial charge on any atom is -0.466 e. The Hall–Kier alpha value is -3.22. The first kappa shape index (κ1) is 17.6. The van der Waals surface area contributed by atoms with Gasteiger partial charge in [-0.15, -0.1) is 0 Å². The van der Waals surface area contributed by atoms with Crippen LogP contribution in [0.4, 0.5) is 10.1 Å². The number of imidazole rings is 1. The third-order valence-electron chi connectivity index (χ3n) is 3.90. The van der Waals surface area contributed by atoms with Crippen LogP contribution in [-0.4, -0.2) is 35.0 Å². The maximum absolute atomic E-state index is 14.3. The maximum atomic E-state index is 14.3. The van der Waals surface area contributed by atoms with Crippen molar-refractivity contribution in [3.05, 3.63) is 60.2 Å². The van der Waals surface area contributed by atoms with E-state index in [0.29, 0.717) is 11.1 Å².